The summed E-state index contributed by atoms with van der Waals surface area (Å²) in [5.41, 5.74) is -0.341. The lowest BCUT2D eigenvalue weighted by Gasteiger charge is -2.19. The predicted octanol–water partition coefficient (Wildman–Crippen LogP) is 1.81. The number of hydrogen-bond acceptors (Lipinski definition) is 3. The van der Waals surface area contributed by atoms with Crippen molar-refractivity contribution in [3.8, 4) is 0 Å². The van der Waals surface area contributed by atoms with Crippen LogP contribution in [-0.2, 0) is 9.59 Å². The molecule has 0 aliphatic carbocycles. The number of aliphatic hydroxyl groups is 1. The van der Waals surface area contributed by atoms with E-state index in [9.17, 15) is 23.5 Å². The summed E-state index contributed by atoms with van der Waals surface area (Å²) >= 11 is 0. The molecule has 0 radical (unpaired) electrons. The van der Waals surface area contributed by atoms with Crippen LogP contribution in [0.25, 0.3) is 0 Å². The highest BCUT2D eigenvalue weighted by molar-refractivity contribution is 5.79. The molecule has 1 aromatic carbocycles. The van der Waals surface area contributed by atoms with Crippen molar-refractivity contribution >= 4 is 11.8 Å². The lowest BCUT2D eigenvalue weighted by molar-refractivity contribution is -0.122. The summed E-state index contributed by atoms with van der Waals surface area (Å²) in [4.78, 5) is 23.2. The number of benzene rings is 1. The van der Waals surface area contributed by atoms with Gasteiger partial charge in [-0.3, -0.25) is 9.59 Å². The van der Waals surface area contributed by atoms with Gasteiger partial charge in [-0.15, -0.1) is 0 Å². The first-order chi connectivity index (χ1) is 10.8. The first kappa shape index (κ1) is 19.0. The lowest BCUT2D eigenvalue weighted by Crippen LogP contribution is -2.34. The molecule has 2 amide bonds. The molecule has 1 aromatic rings. The molecule has 5 nitrogen and oxygen atoms in total. The van der Waals surface area contributed by atoms with Crippen LogP contribution in [0.5, 0.6) is 0 Å². The number of hydrogen-bond donors (Lipinski definition) is 3. The molecule has 0 saturated carbocycles. The Hall–Kier alpha value is -2.02. The maximum absolute atomic E-state index is 13.8. The minimum Gasteiger partial charge on any atom is -0.393 e. The Balaban J connectivity index is 2.76. The van der Waals surface area contributed by atoms with Gasteiger partial charge in [0.2, 0.25) is 11.8 Å². The molecular weight excluding hydrogens is 306 g/mol. The molecular formula is C16H22F2N2O3. The fourth-order valence-corrected chi connectivity index (χ4v) is 2.15. The molecule has 0 heterocycles. The van der Waals surface area contributed by atoms with Gasteiger partial charge in [0, 0.05) is 19.0 Å². The number of rotatable bonds is 8. The van der Waals surface area contributed by atoms with E-state index in [2.05, 4.69) is 10.6 Å². The van der Waals surface area contributed by atoms with E-state index in [0.717, 1.165) is 12.1 Å². The SMILES string of the molecule is CCC(O)CCNC(=O)CC(NC(C)=O)c1c(F)cccc1F. The van der Waals surface area contributed by atoms with Crippen LogP contribution in [0, 0.1) is 11.6 Å². The van der Waals surface area contributed by atoms with E-state index in [1.807, 2.05) is 6.92 Å². The molecule has 7 heteroatoms. The molecule has 2 unspecified atom stereocenters. The Morgan fingerprint density at radius 3 is 2.39 bits per heavy atom. The van der Waals surface area contributed by atoms with Gasteiger partial charge in [-0.05, 0) is 25.0 Å². The van der Waals surface area contributed by atoms with Crippen LogP contribution in [0.15, 0.2) is 18.2 Å². The van der Waals surface area contributed by atoms with Crippen LogP contribution in [0.3, 0.4) is 0 Å². The molecule has 0 bridgehead atoms. The van der Waals surface area contributed by atoms with Crippen molar-refractivity contribution in [1.82, 2.24) is 10.6 Å². The third-order valence-corrected chi connectivity index (χ3v) is 3.39. The number of halogens is 2. The molecule has 0 spiro atoms. The highest BCUT2D eigenvalue weighted by Crippen LogP contribution is 2.23. The van der Waals surface area contributed by atoms with E-state index in [4.69, 9.17) is 0 Å². The van der Waals surface area contributed by atoms with Crippen molar-refractivity contribution in [3.63, 3.8) is 0 Å². The third-order valence-electron chi connectivity index (χ3n) is 3.39. The van der Waals surface area contributed by atoms with Crippen LogP contribution in [0.1, 0.15) is 44.7 Å². The summed E-state index contributed by atoms with van der Waals surface area (Å²) in [5.74, 6) is -2.60. The van der Waals surface area contributed by atoms with Gasteiger partial charge in [0.05, 0.1) is 18.6 Å². The minimum absolute atomic E-state index is 0.250. The average Bonchev–Trinajstić information content (AvgIpc) is 2.46. The van der Waals surface area contributed by atoms with Gasteiger partial charge in [-0.25, -0.2) is 8.78 Å². The molecule has 0 saturated heterocycles. The average molecular weight is 328 g/mol. The van der Waals surface area contributed by atoms with E-state index in [1.165, 1.54) is 13.0 Å². The van der Waals surface area contributed by atoms with Gasteiger partial charge in [0.1, 0.15) is 11.6 Å². The number of aliphatic hydroxyl groups excluding tert-OH is 1. The van der Waals surface area contributed by atoms with Gasteiger partial charge < -0.3 is 15.7 Å². The monoisotopic (exact) mass is 328 g/mol. The van der Waals surface area contributed by atoms with Gasteiger partial charge in [0.25, 0.3) is 0 Å². The molecule has 3 N–H and O–H groups in total. The smallest absolute Gasteiger partial charge is 0.222 e. The Morgan fingerprint density at radius 2 is 1.87 bits per heavy atom. The molecule has 0 aromatic heterocycles. The number of carbonyl (C=O) groups excluding carboxylic acids is 2. The van der Waals surface area contributed by atoms with Gasteiger partial charge >= 0.3 is 0 Å². The fraction of sp³-hybridized carbons (Fsp3) is 0.500. The van der Waals surface area contributed by atoms with Gasteiger partial charge in [0.15, 0.2) is 0 Å². The largest absolute Gasteiger partial charge is 0.393 e. The van der Waals surface area contributed by atoms with E-state index < -0.39 is 35.6 Å². The standard InChI is InChI=1S/C16H22F2N2O3/c1-3-11(22)7-8-19-15(23)9-14(20-10(2)21)16-12(17)5-4-6-13(16)18/h4-6,11,14,22H,3,7-9H2,1-2H3,(H,19,23)(H,20,21). The molecule has 128 valence electrons. The number of nitrogens with one attached hydrogen (secondary N) is 2. The fourth-order valence-electron chi connectivity index (χ4n) is 2.15. The molecule has 0 fully saturated rings. The van der Waals surface area contributed by atoms with Crippen molar-refractivity contribution < 1.29 is 23.5 Å². The van der Waals surface area contributed by atoms with E-state index >= 15 is 0 Å². The zero-order valence-electron chi connectivity index (χ0n) is 13.2. The summed E-state index contributed by atoms with van der Waals surface area (Å²) < 4.78 is 27.7. The Bertz CT molecular complexity index is 532. The Morgan fingerprint density at radius 1 is 1.26 bits per heavy atom. The second-order valence-electron chi connectivity index (χ2n) is 5.29. The van der Waals surface area contributed by atoms with Gasteiger partial charge in [-0.1, -0.05) is 13.0 Å². The van der Waals surface area contributed by atoms with Crippen LogP contribution in [0.4, 0.5) is 8.78 Å². The van der Waals surface area contributed by atoms with Crippen LogP contribution < -0.4 is 10.6 Å². The first-order valence-electron chi connectivity index (χ1n) is 7.50. The van der Waals surface area contributed by atoms with Gasteiger partial charge in [-0.2, -0.15) is 0 Å². The normalized spacial score (nSPS) is 13.3. The van der Waals surface area contributed by atoms with E-state index in [0.29, 0.717) is 12.8 Å². The van der Waals surface area contributed by atoms with Crippen molar-refractivity contribution in [2.75, 3.05) is 6.54 Å². The van der Waals surface area contributed by atoms with E-state index in [1.54, 1.807) is 0 Å². The lowest BCUT2D eigenvalue weighted by atomic mass is 10.0. The zero-order chi connectivity index (χ0) is 17.4. The second kappa shape index (κ2) is 9.19. The molecule has 0 aliphatic rings. The summed E-state index contributed by atoms with van der Waals surface area (Å²) in [6.07, 6.45) is 0.163. The zero-order valence-corrected chi connectivity index (χ0v) is 13.2. The van der Waals surface area contributed by atoms with Crippen molar-refractivity contribution in [1.29, 1.82) is 0 Å². The Kier molecular flexibility index (Phi) is 7.61. The second-order valence-corrected chi connectivity index (χ2v) is 5.29. The molecule has 23 heavy (non-hydrogen) atoms. The summed E-state index contributed by atoms with van der Waals surface area (Å²) in [7, 11) is 0. The van der Waals surface area contributed by atoms with Crippen molar-refractivity contribution in [2.24, 2.45) is 0 Å². The minimum atomic E-state index is -1.09. The Labute approximate surface area is 134 Å². The van der Waals surface area contributed by atoms with Crippen LogP contribution >= 0.6 is 0 Å². The molecule has 1 rings (SSSR count). The highest BCUT2D eigenvalue weighted by Gasteiger charge is 2.23. The summed E-state index contributed by atoms with van der Waals surface area (Å²) in [6.45, 7) is 3.28. The topological polar surface area (TPSA) is 78.4 Å². The summed E-state index contributed by atoms with van der Waals surface area (Å²) in [6, 6.07) is 2.27. The highest BCUT2D eigenvalue weighted by atomic mass is 19.1. The maximum atomic E-state index is 13.8. The predicted molar refractivity (Wildman–Crippen MR) is 81.5 cm³/mol. The van der Waals surface area contributed by atoms with Crippen molar-refractivity contribution in [2.45, 2.75) is 45.3 Å². The first-order valence-corrected chi connectivity index (χ1v) is 7.50. The molecule has 2 atom stereocenters. The quantitative estimate of drug-likeness (QED) is 0.681. The van der Waals surface area contributed by atoms with E-state index in [-0.39, 0.29) is 18.5 Å². The number of carbonyl (C=O) groups is 2. The molecule has 0 aliphatic heterocycles. The summed E-state index contributed by atoms with van der Waals surface area (Å²) in [5, 5.41) is 14.4. The van der Waals surface area contributed by atoms with Crippen LogP contribution in [0.2, 0.25) is 0 Å². The maximum Gasteiger partial charge on any atom is 0.222 e. The third kappa shape index (κ3) is 6.32. The number of amides is 2. The van der Waals surface area contributed by atoms with Crippen molar-refractivity contribution in [3.05, 3.63) is 35.4 Å². The van der Waals surface area contributed by atoms with Crippen LogP contribution in [-0.4, -0.2) is 29.6 Å².